The van der Waals surface area contributed by atoms with Crippen LogP contribution in [0, 0.1) is 0 Å². The number of piperidine rings is 1. The van der Waals surface area contributed by atoms with E-state index < -0.39 is 19.0 Å². The standard InChI is InChI=1S/C22H27BBrNO7S/c1-4-30-17(26)13-31-19-18(24)20(33-21(19)22(27)29-3)14-6-5-7-16(12-14)32-15-8-10-25(11-9-15)23(2)28/h5-7,12,15,28H,4,8-11,13H2,1-3H3. The van der Waals surface area contributed by atoms with Gasteiger partial charge in [0.15, 0.2) is 17.2 Å². The maximum atomic E-state index is 12.3. The first-order valence-corrected chi connectivity index (χ1v) is 12.3. The summed E-state index contributed by atoms with van der Waals surface area (Å²) in [4.78, 5) is 27.1. The number of thiophene rings is 1. The number of halogens is 1. The molecule has 0 radical (unpaired) electrons. The Balaban J connectivity index is 1.80. The van der Waals surface area contributed by atoms with Crippen molar-refractivity contribution < 1.29 is 33.6 Å². The van der Waals surface area contributed by atoms with E-state index in [9.17, 15) is 14.6 Å². The highest BCUT2D eigenvalue weighted by molar-refractivity contribution is 9.10. The molecule has 33 heavy (non-hydrogen) atoms. The molecule has 0 saturated carbocycles. The lowest BCUT2D eigenvalue weighted by atomic mass is 9.82. The summed E-state index contributed by atoms with van der Waals surface area (Å²) in [7, 11) is 0.844. The minimum Gasteiger partial charge on any atom is -0.490 e. The lowest BCUT2D eigenvalue weighted by Crippen LogP contribution is -2.45. The minimum absolute atomic E-state index is 0.0659. The Morgan fingerprint density at radius 3 is 2.67 bits per heavy atom. The second-order valence-corrected chi connectivity index (χ2v) is 9.32. The molecule has 0 bridgehead atoms. The Bertz CT molecular complexity index is 976. The number of esters is 2. The Morgan fingerprint density at radius 2 is 2.03 bits per heavy atom. The van der Waals surface area contributed by atoms with Gasteiger partial charge < -0.3 is 28.8 Å². The smallest absolute Gasteiger partial charge is 0.376 e. The van der Waals surface area contributed by atoms with E-state index in [0.717, 1.165) is 42.1 Å². The number of hydrogen-bond acceptors (Lipinski definition) is 9. The van der Waals surface area contributed by atoms with Crippen LogP contribution in [0.2, 0.25) is 6.82 Å². The highest BCUT2D eigenvalue weighted by atomic mass is 79.9. The predicted molar refractivity (Wildman–Crippen MR) is 130 cm³/mol. The summed E-state index contributed by atoms with van der Waals surface area (Å²) < 4.78 is 22.2. The van der Waals surface area contributed by atoms with Crippen LogP contribution in [0.5, 0.6) is 11.5 Å². The molecular weight excluding hydrogens is 513 g/mol. The zero-order chi connectivity index (χ0) is 24.0. The van der Waals surface area contributed by atoms with Gasteiger partial charge in [0.25, 0.3) is 0 Å². The molecule has 1 N–H and O–H groups in total. The Labute approximate surface area is 206 Å². The second-order valence-electron chi connectivity index (χ2n) is 7.50. The minimum atomic E-state index is -0.553. The average Bonchev–Trinajstić information content (AvgIpc) is 3.14. The summed E-state index contributed by atoms with van der Waals surface area (Å²) in [5, 5.41) is 9.73. The van der Waals surface area contributed by atoms with E-state index in [4.69, 9.17) is 18.9 Å². The van der Waals surface area contributed by atoms with Crippen molar-refractivity contribution in [2.75, 3.05) is 33.4 Å². The van der Waals surface area contributed by atoms with Gasteiger partial charge in [-0.1, -0.05) is 12.1 Å². The Hall–Kier alpha value is -2.08. The fraction of sp³-hybridized carbons (Fsp3) is 0.455. The third-order valence-electron chi connectivity index (χ3n) is 5.22. The molecule has 1 fully saturated rings. The van der Waals surface area contributed by atoms with Gasteiger partial charge in [0, 0.05) is 0 Å². The number of carbonyl (C=O) groups excluding carboxylic acids is 2. The first kappa shape index (κ1) is 25.5. The van der Waals surface area contributed by atoms with Crippen molar-refractivity contribution in [3.8, 4) is 21.9 Å². The van der Waals surface area contributed by atoms with Crippen molar-refractivity contribution in [3.63, 3.8) is 0 Å². The van der Waals surface area contributed by atoms with Crippen molar-refractivity contribution in [1.82, 2.24) is 4.81 Å². The molecule has 1 aromatic carbocycles. The fourth-order valence-corrected chi connectivity index (χ4v) is 5.51. The van der Waals surface area contributed by atoms with Gasteiger partial charge in [-0.3, -0.25) is 0 Å². The molecule has 1 aromatic heterocycles. The van der Waals surface area contributed by atoms with Crippen LogP contribution in [-0.2, 0) is 14.3 Å². The molecule has 1 aliphatic rings. The van der Waals surface area contributed by atoms with E-state index in [1.54, 1.807) is 13.7 Å². The van der Waals surface area contributed by atoms with Crippen molar-refractivity contribution in [3.05, 3.63) is 33.6 Å². The number of rotatable bonds is 9. The van der Waals surface area contributed by atoms with E-state index in [1.165, 1.54) is 18.4 Å². The van der Waals surface area contributed by atoms with Crippen molar-refractivity contribution >= 4 is 46.3 Å². The van der Waals surface area contributed by atoms with Crippen LogP contribution in [-0.4, -0.2) is 68.3 Å². The van der Waals surface area contributed by atoms with Gasteiger partial charge in [-0.2, -0.15) is 0 Å². The van der Waals surface area contributed by atoms with Gasteiger partial charge in [0.1, 0.15) is 11.9 Å². The first-order chi connectivity index (χ1) is 15.8. The van der Waals surface area contributed by atoms with Crippen LogP contribution in [0.1, 0.15) is 29.4 Å². The van der Waals surface area contributed by atoms with Crippen molar-refractivity contribution in [1.29, 1.82) is 0 Å². The van der Waals surface area contributed by atoms with Crippen LogP contribution in [0.15, 0.2) is 28.7 Å². The molecule has 1 saturated heterocycles. The summed E-state index contributed by atoms with van der Waals surface area (Å²) >= 11 is 4.73. The summed E-state index contributed by atoms with van der Waals surface area (Å²) in [6.07, 6.45) is 1.72. The molecule has 2 heterocycles. The van der Waals surface area contributed by atoms with Crippen LogP contribution < -0.4 is 9.47 Å². The van der Waals surface area contributed by atoms with Crippen LogP contribution in [0.3, 0.4) is 0 Å². The molecule has 0 atom stereocenters. The summed E-state index contributed by atoms with van der Waals surface area (Å²) in [6, 6.07) is 7.60. The molecular formula is C22H27BBrNO7S. The average molecular weight is 540 g/mol. The number of carbonyl (C=O) groups is 2. The predicted octanol–water partition coefficient (Wildman–Crippen LogP) is 3.86. The lowest BCUT2D eigenvalue weighted by Gasteiger charge is -2.32. The highest BCUT2D eigenvalue weighted by Crippen LogP contribution is 2.46. The van der Waals surface area contributed by atoms with E-state index in [1.807, 2.05) is 29.1 Å². The number of benzene rings is 1. The molecule has 8 nitrogen and oxygen atoms in total. The topological polar surface area (TPSA) is 94.5 Å². The molecule has 0 aliphatic carbocycles. The first-order valence-electron chi connectivity index (χ1n) is 10.7. The zero-order valence-corrected chi connectivity index (χ0v) is 21.2. The van der Waals surface area contributed by atoms with Crippen LogP contribution in [0.4, 0.5) is 0 Å². The molecule has 2 aromatic rings. The van der Waals surface area contributed by atoms with Gasteiger partial charge >= 0.3 is 19.0 Å². The maximum Gasteiger partial charge on any atom is 0.376 e. The number of nitrogens with zero attached hydrogens (tertiary/aromatic N) is 1. The monoisotopic (exact) mass is 539 g/mol. The summed E-state index contributed by atoms with van der Waals surface area (Å²) in [6.45, 7) is 4.97. The molecule has 0 spiro atoms. The summed E-state index contributed by atoms with van der Waals surface area (Å²) in [5.41, 5.74) is 0.835. The maximum absolute atomic E-state index is 12.3. The SMILES string of the molecule is CCOC(=O)COc1c(C(=O)OC)sc(-c2cccc(OC3CCN(B(C)O)CC3)c2)c1Br. The molecule has 11 heteroatoms. The Kier molecular flexibility index (Phi) is 9.19. The second kappa shape index (κ2) is 11.9. The normalized spacial score (nSPS) is 14.6. The highest BCUT2D eigenvalue weighted by Gasteiger charge is 2.27. The number of ether oxygens (including phenoxy) is 4. The Morgan fingerprint density at radius 1 is 1.30 bits per heavy atom. The van der Waals surface area contributed by atoms with Crippen molar-refractivity contribution in [2.45, 2.75) is 32.7 Å². The van der Waals surface area contributed by atoms with Crippen molar-refractivity contribution in [2.24, 2.45) is 0 Å². The summed E-state index contributed by atoms with van der Waals surface area (Å²) in [5.74, 6) is -0.114. The third-order valence-corrected chi connectivity index (χ3v) is 7.44. The fourth-order valence-electron chi connectivity index (χ4n) is 3.54. The largest absolute Gasteiger partial charge is 0.490 e. The van der Waals surface area contributed by atoms with E-state index >= 15 is 0 Å². The molecule has 0 amide bonds. The van der Waals surface area contributed by atoms with E-state index in [2.05, 4.69) is 15.9 Å². The van der Waals surface area contributed by atoms with Gasteiger partial charge in [0.05, 0.1) is 23.1 Å². The van der Waals surface area contributed by atoms with E-state index in [0.29, 0.717) is 4.47 Å². The van der Waals surface area contributed by atoms with Gasteiger partial charge in [0.2, 0.25) is 0 Å². The third kappa shape index (κ3) is 6.50. The molecule has 0 unspecified atom stereocenters. The van der Waals surface area contributed by atoms with Crippen LogP contribution in [0.25, 0.3) is 10.4 Å². The van der Waals surface area contributed by atoms with Gasteiger partial charge in [-0.05, 0) is 73.3 Å². The molecule has 178 valence electrons. The van der Waals surface area contributed by atoms with E-state index in [-0.39, 0.29) is 29.9 Å². The zero-order valence-electron chi connectivity index (χ0n) is 18.8. The number of hydrogen-bond donors (Lipinski definition) is 1. The quantitative estimate of drug-likeness (QED) is 0.379. The lowest BCUT2D eigenvalue weighted by molar-refractivity contribution is -0.145. The van der Waals surface area contributed by atoms with Gasteiger partial charge in [-0.15, -0.1) is 11.3 Å². The number of methoxy groups -OCH3 is 1. The molecule has 1 aliphatic heterocycles. The van der Waals surface area contributed by atoms with Crippen LogP contribution >= 0.6 is 27.3 Å². The molecule has 3 rings (SSSR count). The van der Waals surface area contributed by atoms with Gasteiger partial charge in [-0.25, -0.2) is 9.59 Å².